The predicted octanol–water partition coefficient (Wildman–Crippen LogP) is 3.25. The van der Waals surface area contributed by atoms with Crippen LogP contribution in [-0.2, 0) is 0 Å². The molecular weight excluding hydrogens is 132 g/mol. The lowest BCUT2D eigenvalue weighted by Gasteiger charge is -2.04. The van der Waals surface area contributed by atoms with Crippen LogP contribution in [0.25, 0.3) is 6.08 Å². The van der Waals surface area contributed by atoms with Crippen molar-refractivity contribution in [3.05, 3.63) is 42.0 Å². The summed E-state index contributed by atoms with van der Waals surface area (Å²) >= 11 is 0. The summed E-state index contributed by atoms with van der Waals surface area (Å²) in [7, 11) is 0. The zero-order valence-corrected chi connectivity index (χ0v) is 7.09. The van der Waals surface area contributed by atoms with Gasteiger partial charge in [-0.2, -0.15) is 0 Å². The number of benzene rings is 1. The van der Waals surface area contributed by atoms with E-state index in [1.54, 1.807) is 0 Å². The largest absolute Gasteiger partial charge is 0.0985 e. The summed E-state index contributed by atoms with van der Waals surface area (Å²) in [5, 5.41) is 0. The van der Waals surface area contributed by atoms with Gasteiger partial charge in [0.25, 0.3) is 0 Å². The second-order valence-corrected chi connectivity index (χ2v) is 2.94. The van der Waals surface area contributed by atoms with Crippen LogP contribution in [0.15, 0.2) is 24.8 Å². The molecule has 11 heavy (non-hydrogen) atoms. The molecule has 0 aliphatic heterocycles. The maximum atomic E-state index is 3.72. The van der Waals surface area contributed by atoms with Crippen molar-refractivity contribution in [2.45, 2.75) is 19.8 Å². The smallest absolute Gasteiger partial charge is 0.0146 e. The van der Waals surface area contributed by atoms with Gasteiger partial charge < -0.3 is 0 Å². The summed E-state index contributed by atoms with van der Waals surface area (Å²) in [6.45, 7) is 8.05. The van der Waals surface area contributed by atoms with Crippen molar-refractivity contribution in [1.29, 1.82) is 0 Å². The highest BCUT2D eigenvalue weighted by molar-refractivity contribution is 5.48. The zero-order valence-electron chi connectivity index (χ0n) is 7.09. The molecule has 0 heteroatoms. The van der Waals surface area contributed by atoms with E-state index in [1.807, 2.05) is 18.2 Å². The monoisotopic (exact) mass is 145 g/mol. The van der Waals surface area contributed by atoms with E-state index < -0.39 is 0 Å². The minimum absolute atomic E-state index is 0.551. The molecule has 0 saturated heterocycles. The summed E-state index contributed by atoms with van der Waals surface area (Å²) in [6, 6.07) is 9.28. The summed E-state index contributed by atoms with van der Waals surface area (Å²) < 4.78 is 0. The first-order valence-corrected chi connectivity index (χ1v) is 3.88. The van der Waals surface area contributed by atoms with Gasteiger partial charge in [-0.1, -0.05) is 44.7 Å². The van der Waals surface area contributed by atoms with Crippen molar-refractivity contribution >= 4 is 6.08 Å². The molecule has 0 aliphatic rings. The fourth-order valence-electron chi connectivity index (χ4n) is 0.964. The lowest BCUT2D eigenvalue weighted by atomic mass is 10.0. The van der Waals surface area contributed by atoms with E-state index >= 15 is 0 Å². The zero-order chi connectivity index (χ0) is 8.27. The minimum Gasteiger partial charge on any atom is -0.0985 e. The fourth-order valence-corrected chi connectivity index (χ4v) is 0.964. The van der Waals surface area contributed by atoms with Crippen LogP contribution in [0.1, 0.15) is 30.9 Å². The Labute approximate surface area is 68.6 Å². The standard InChI is InChI=1S/C11H13/c1-4-10-6-5-7-11(8-10)9(2)3/h4-6,8-9H,1H2,2-3H3. The molecule has 1 radical (unpaired) electrons. The molecule has 0 nitrogen and oxygen atoms in total. The van der Waals surface area contributed by atoms with Gasteiger partial charge in [0.05, 0.1) is 0 Å². The van der Waals surface area contributed by atoms with Crippen LogP contribution in [0.3, 0.4) is 0 Å². The van der Waals surface area contributed by atoms with Crippen molar-refractivity contribution in [2.75, 3.05) is 0 Å². The van der Waals surface area contributed by atoms with Gasteiger partial charge >= 0.3 is 0 Å². The van der Waals surface area contributed by atoms with Crippen LogP contribution in [0, 0.1) is 6.07 Å². The van der Waals surface area contributed by atoms with Gasteiger partial charge in [0.2, 0.25) is 0 Å². The molecule has 0 N–H and O–H groups in total. The molecule has 0 atom stereocenters. The third kappa shape index (κ3) is 1.94. The van der Waals surface area contributed by atoms with Gasteiger partial charge in [-0.3, -0.25) is 0 Å². The minimum atomic E-state index is 0.551. The highest BCUT2D eigenvalue weighted by atomic mass is 14.0. The topological polar surface area (TPSA) is 0 Å². The molecule has 0 spiro atoms. The van der Waals surface area contributed by atoms with Gasteiger partial charge in [0, 0.05) is 0 Å². The number of hydrogen-bond donors (Lipinski definition) is 0. The number of rotatable bonds is 2. The predicted molar refractivity (Wildman–Crippen MR) is 49.5 cm³/mol. The molecule has 0 bridgehead atoms. The van der Waals surface area contributed by atoms with Crippen LogP contribution in [0.4, 0.5) is 0 Å². The Bertz CT molecular complexity index is 246. The van der Waals surface area contributed by atoms with Crippen LogP contribution < -0.4 is 0 Å². The van der Waals surface area contributed by atoms with E-state index in [-0.39, 0.29) is 0 Å². The van der Waals surface area contributed by atoms with Crippen molar-refractivity contribution in [3.8, 4) is 0 Å². The van der Waals surface area contributed by atoms with Gasteiger partial charge in [-0.25, -0.2) is 0 Å². The molecule has 0 unspecified atom stereocenters. The van der Waals surface area contributed by atoms with Crippen LogP contribution in [0.2, 0.25) is 0 Å². The molecular formula is C11H13. The highest BCUT2D eigenvalue weighted by Gasteiger charge is 1.97. The molecule has 1 rings (SSSR count). The first kappa shape index (κ1) is 8.06. The molecule has 0 aromatic heterocycles. The molecule has 0 heterocycles. The van der Waals surface area contributed by atoms with Crippen molar-refractivity contribution in [1.82, 2.24) is 0 Å². The van der Waals surface area contributed by atoms with Gasteiger partial charge in [-0.15, -0.1) is 0 Å². The van der Waals surface area contributed by atoms with Crippen LogP contribution >= 0.6 is 0 Å². The Morgan fingerprint density at radius 1 is 1.55 bits per heavy atom. The lowest BCUT2D eigenvalue weighted by molar-refractivity contribution is 0.864. The lowest BCUT2D eigenvalue weighted by Crippen LogP contribution is -1.86. The number of hydrogen-bond acceptors (Lipinski definition) is 0. The summed E-state index contributed by atoms with van der Waals surface area (Å²) in [4.78, 5) is 0. The van der Waals surface area contributed by atoms with E-state index in [0.29, 0.717) is 5.92 Å². The van der Waals surface area contributed by atoms with E-state index in [9.17, 15) is 0 Å². The summed E-state index contributed by atoms with van der Waals surface area (Å²) in [6.07, 6.45) is 1.86. The second kappa shape index (κ2) is 3.38. The molecule has 0 fully saturated rings. The molecule has 1 aromatic carbocycles. The SMILES string of the molecule is C=Cc1cc[c]c(C(C)C)c1. The van der Waals surface area contributed by atoms with E-state index in [4.69, 9.17) is 0 Å². The van der Waals surface area contributed by atoms with E-state index in [1.165, 1.54) is 11.1 Å². The second-order valence-electron chi connectivity index (χ2n) is 2.94. The normalized spacial score (nSPS) is 10.1. The third-order valence-electron chi connectivity index (χ3n) is 1.71. The van der Waals surface area contributed by atoms with Gasteiger partial charge in [0.15, 0.2) is 0 Å². The first-order chi connectivity index (χ1) is 5.24. The van der Waals surface area contributed by atoms with Crippen molar-refractivity contribution in [2.24, 2.45) is 0 Å². The van der Waals surface area contributed by atoms with Crippen molar-refractivity contribution in [3.63, 3.8) is 0 Å². The molecule has 1 aromatic rings. The average Bonchev–Trinajstić information content (AvgIpc) is 2.05. The van der Waals surface area contributed by atoms with Gasteiger partial charge in [-0.05, 0) is 23.1 Å². The first-order valence-electron chi connectivity index (χ1n) is 3.88. The van der Waals surface area contributed by atoms with Crippen LogP contribution in [-0.4, -0.2) is 0 Å². The van der Waals surface area contributed by atoms with E-state index in [0.717, 1.165) is 0 Å². The maximum Gasteiger partial charge on any atom is -0.0146 e. The Morgan fingerprint density at radius 2 is 2.27 bits per heavy atom. The Morgan fingerprint density at radius 3 is 2.82 bits per heavy atom. The molecule has 0 aliphatic carbocycles. The van der Waals surface area contributed by atoms with Crippen molar-refractivity contribution < 1.29 is 0 Å². The van der Waals surface area contributed by atoms with Gasteiger partial charge in [0.1, 0.15) is 0 Å². The molecule has 0 saturated carbocycles. The Kier molecular flexibility index (Phi) is 2.48. The summed E-state index contributed by atoms with van der Waals surface area (Å²) in [5.41, 5.74) is 2.43. The summed E-state index contributed by atoms with van der Waals surface area (Å²) in [5.74, 6) is 0.551. The van der Waals surface area contributed by atoms with E-state index in [2.05, 4.69) is 32.6 Å². The highest BCUT2D eigenvalue weighted by Crippen LogP contribution is 2.15. The average molecular weight is 145 g/mol. The molecule has 0 amide bonds. The Balaban J connectivity index is 3.00. The quantitative estimate of drug-likeness (QED) is 0.599. The fraction of sp³-hybridized carbons (Fsp3) is 0.273. The maximum absolute atomic E-state index is 3.72. The third-order valence-corrected chi connectivity index (χ3v) is 1.71. The Hall–Kier alpha value is -1.04. The van der Waals surface area contributed by atoms with Crippen LogP contribution in [0.5, 0.6) is 0 Å². The molecule has 57 valence electrons.